The number of nitrogens with zero attached hydrogens (tertiary/aromatic N) is 1. The minimum atomic E-state index is -0.521. The molecule has 1 heteroatoms. The van der Waals surface area contributed by atoms with E-state index in [1.54, 1.807) is 0 Å². The molecule has 0 bridgehead atoms. The Morgan fingerprint density at radius 2 is 0.918 bits per heavy atom. The first-order valence-electron chi connectivity index (χ1n) is 21.4. The number of benzene rings is 10. The average molecular weight is 778 g/mol. The fraction of sp³-hybridized carbons (Fsp3) is 0.0667. The van der Waals surface area contributed by atoms with Crippen LogP contribution in [0.25, 0.3) is 54.9 Å². The maximum Gasteiger partial charge on any atom is 0.0714 e. The Labute approximate surface area is 357 Å². The molecule has 0 amide bonds. The van der Waals surface area contributed by atoms with Crippen LogP contribution in [0.15, 0.2) is 224 Å². The van der Waals surface area contributed by atoms with E-state index < -0.39 is 5.41 Å². The van der Waals surface area contributed by atoms with Crippen LogP contribution >= 0.6 is 0 Å². The van der Waals surface area contributed by atoms with Crippen LogP contribution in [0.5, 0.6) is 0 Å². The lowest BCUT2D eigenvalue weighted by Crippen LogP contribution is -2.28. The predicted molar refractivity (Wildman–Crippen MR) is 256 cm³/mol. The van der Waals surface area contributed by atoms with Gasteiger partial charge in [0, 0.05) is 22.2 Å². The molecule has 2 aliphatic rings. The third-order valence-corrected chi connectivity index (χ3v) is 13.7. The molecule has 0 aliphatic heterocycles. The zero-order valence-corrected chi connectivity index (χ0v) is 34.3. The molecular formula is C60H43N. The van der Waals surface area contributed by atoms with Crippen molar-refractivity contribution >= 4 is 38.6 Å². The minimum absolute atomic E-state index is 0.203. The lowest BCUT2D eigenvalue weighted by atomic mass is 9.67. The van der Waals surface area contributed by atoms with Crippen molar-refractivity contribution in [1.82, 2.24) is 0 Å². The summed E-state index contributed by atoms with van der Waals surface area (Å²) in [6.07, 6.45) is 0. The first-order chi connectivity index (χ1) is 30.0. The molecule has 0 saturated heterocycles. The van der Waals surface area contributed by atoms with E-state index >= 15 is 0 Å². The summed E-state index contributed by atoms with van der Waals surface area (Å²) in [5, 5.41) is 4.96. The van der Waals surface area contributed by atoms with Gasteiger partial charge in [0.2, 0.25) is 0 Å². The first kappa shape index (κ1) is 35.5. The molecule has 0 fully saturated rings. The zero-order valence-electron chi connectivity index (χ0n) is 34.3. The smallest absolute Gasteiger partial charge is 0.0714 e. The normalized spacial score (nSPS) is 14.0. The van der Waals surface area contributed by atoms with E-state index in [9.17, 15) is 0 Å². The molecule has 1 nitrogen and oxygen atoms in total. The fourth-order valence-electron chi connectivity index (χ4n) is 11.1. The molecule has 0 N–H and O–H groups in total. The second-order valence-electron chi connectivity index (χ2n) is 17.2. The second-order valence-corrected chi connectivity index (χ2v) is 17.2. The number of fused-ring (bicyclic) bond motifs is 9. The van der Waals surface area contributed by atoms with E-state index in [0.717, 1.165) is 17.1 Å². The van der Waals surface area contributed by atoms with E-state index in [4.69, 9.17) is 0 Å². The maximum absolute atomic E-state index is 2.54. The third-order valence-electron chi connectivity index (χ3n) is 13.7. The van der Waals surface area contributed by atoms with Crippen molar-refractivity contribution in [3.63, 3.8) is 0 Å². The van der Waals surface area contributed by atoms with Gasteiger partial charge in [-0.1, -0.05) is 208 Å². The predicted octanol–water partition coefficient (Wildman–Crippen LogP) is 15.8. The van der Waals surface area contributed by atoms with Gasteiger partial charge < -0.3 is 4.90 Å². The second kappa shape index (κ2) is 13.5. The fourth-order valence-corrected chi connectivity index (χ4v) is 11.1. The standard InChI is InChI=1S/C60H43N/c1-59(2)54-32-18-30-47(41-20-6-3-7-21-41)57(54)52-39-56(50-28-14-15-29-51(50)58(52)59)61(45-34-33-40-19-12-13-22-42(40)37-45)46-35-36-49-48-27-16-17-31-53(48)60(55(49)38-46,43-23-8-4-9-24-43)44-25-10-5-11-26-44/h3-39H,1-2H3. The Balaban J connectivity index is 1.18. The molecule has 0 heterocycles. The van der Waals surface area contributed by atoms with Crippen LogP contribution in [-0.4, -0.2) is 0 Å². The van der Waals surface area contributed by atoms with E-state index in [0.29, 0.717) is 0 Å². The van der Waals surface area contributed by atoms with E-state index in [1.807, 2.05) is 0 Å². The van der Waals surface area contributed by atoms with Crippen molar-refractivity contribution in [2.24, 2.45) is 0 Å². The van der Waals surface area contributed by atoms with Crippen LogP contribution < -0.4 is 4.90 Å². The van der Waals surface area contributed by atoms with E-state index in [1.165, 1.54) is 88.3 Å². The van der Waals surface area contributed by atoms with E-state index in [2.05, 4.69) is 243 Å². The van der Waals surface area contributed by atoms with Crippen LogP contribution in [0.2, 0.25) is 0 Å². The largest absolute Gasteiger partial charge is 0.310 e. The summed E-state index contributed by atoms with van der Waals surface area (Å²) in [5.74, 6) is 0. The highest BCUT2D eigenvalue weighted by atomic mass is 15.1. The summed E-state index contributed by atoms with van der Waals surface area (Å²) in [4.78, 5) is 2.54. The SMILES string of the molecule is CC1(C)c2cccc(-c3ccccc3)c2-c2cc(N(c3ccc4c(c3)C(c3ccccc3)(c3ccccc3)c3ccccc3-4)c3ccc4ccccc4c3)c3ccccc3c21. The molecule has 0 atom stereocenters. The van der Waals surface area contributed by atoms with Crippen molar-refractivity contribution in [3.8, 4) is 33.4 Å². The molecule has 2 aliphatic carbocycles. The molecule has 0 unspecified atom stereocenters. The quantitative estimate of drug-likeness (QED) is 0.163. The third kappa shape index (κ3) is 5.14. The summed E-state index contributed by atoms with van der Waals surface area (Å²) in [7, 11) is 0. The van der Waals surface area contributed by atoms with Gasteiger partial charge in [0.05, 0.1) is 11.1 Å². The summed E-state index contributed by atoms with van der Waals surface area (Å²) < 4.78 is 0. The van der Waals surface area contributed by atoms with Gasteiger partial charge in [0.25, 0.3) is 0 Å². The molecule has 61 heavy (non-hydrogen) atoms. The Hall–Kier alpha value is -7.48. The number of rotatable bonds is 6. The highest BCUT2D eigenvalue weighted by Crippen LogP contribution is 2.59. The molecule has 0 radical (unpaired) electrons. The monoisotopic (exact) mass is 777 g/mol. The van der Waals surface area contributed by atoms with Crippen molar-refractivity contribution in [3.05, 3.63) is 258 Å². The zero-order chi connectivity index (χ0) is 40.7. The van der Waals surface area contributed by atoms with Crippen LogP contribution in [0.1, 0.15) is 47.2 Å². The van der Waals surface area contributed by atoms with Gasteiger partial charge in [-0.05, 0) is 113 Å². The first-order valence-corrected chi connectivity index (χ1v) is 21.4. The van der Waals surface area contributed by atoms with Crippen molar-refractivity contribution in [1.29, 1.82) is 0 Å². The van der Waals surface area contributed by atoms with Crippen LogP contribution in [-0.2, 0) is 10.8 Å². The van der Waals surface area contributed by atoms with Gasteiger partial charge in [-0.15, -0.1) is 0 Å². The Morgan fingerprint density at radius 1 is 0.361 bits per heavy atom. The van der Waals surface area contributed by atoms with Gasteiger partial charge in [-0.2, -0.15) is 0 Å². The van der Waals surface area contributed by atoms with Crippen LogP contribution in [0.3, 0.4) is 0 Å². The average Bonchev–Trinajstić information content (AvgIpc) is 3.75. The molecule has 0 saturated carbocycles. The topological polar surface area (TPSA) is 3.24 Å². The summed E-state index contributed by atoms with van der Waals surface area (Å²) in [6.45, 7) is 4.81. The van der Waals surface area contributed by atoms with Crippen LogP contribution in [0.4, 0.5) is 17.1 Å². The van der Waals surface area contributed by atoms with Gasteiger partial charge >= 0.3 is 0 Å². The minimum Gasteiger partial charge on any atom is -0.310 e. The number of hydrogen-bond acceptors (Lipinski definition) is 1. The Kier molecular flexibility index (Phi) is 7.86. The van der Waals surface area contributed by atoms with E-state index in [-0.39, 0.29) is 5.41 Å². The van der Waals surface area contributed by atoms with Crippen molar-refractivity contribution < 1.29 is 0 Å². The molecular weight excluding hydrogens is 735 g/mol. The Bertz CT molecular complexity index is 3290. The molecule has 288 valence electrons. The molecule has 10 aromatic rings. The van der Waals surface area contributed by atoms with Crippen LogP contribution in [0, 0.1) is 0 Å². The molecule has 0 aromatic heterocycles. The number of hydrogen-bond donors (Lipinski definition) is 0. The lowest BCUT2D eigenvalue weighted by molar-refractivity contribution is 0.666. The summed E-state index contributed by atoms with van der Waals surface area (Å²) >= 11 is 0. The van der Waals surface area contributed by atoms with Gasteiger partial charge in [-0.3, -0.25) is 0 Å². The molecule has 12 rings (SSSR count). The Morgan fingerprint density at radius 3 is 1.67 bits per heavy atom. The van der Waals surface area contributed by atoms with Gasteiger partial charge in [0.1, 0.15) is 0 Å². The van der Waals surface area contributed by atoms with Gasteiger partial charge in [-0.25, -0.2) is 0 Å². The van der Waals surface area contributed by atoms with Crippen molar-refractivity contribution in [2.45, 2.75) is 24.7 Å². The maximum atomic E-state index is 2.54. The number of anilines is 3. The molecule has 0 spiro atoms. The highest BCUT2D eigenvalue weighted by molar-refractivity contribution is 6.09. The van der Waals surface area contributed by atoms with Crippen molar-refractivity contribution in [2.75, 3.05) is 4.90 Å². The summed E-state index contributed by atoms with van der Waals surface area (Å²) in [6, 6.07) is 83.6. The highest BCUT2D eigenvalue weighted by Gasteiger charge is 2.46. The lowest BCUT2D eigenvalue weighted by Gasteiger charge is -2.35. The summed E-state index contributed by atoms with van der Waals surface area (Å²) in [5.41, 5.74) is 18.3. The van der Waals surface area contributed by atoms with Gasteiger partial charge in [0.15, 0.2) is 0 Å². The molecule has 10 aromatic carbocycles.